The second kappa shape index (κ2) is 11.0. The quantitative estimate of drug-likeness (QED) is 0.298. The Labute approximate surface area is 188 Å². The van der Waals surface area contributed by atoms with Crippen LogP contribution in [0.3, 0.4) is 0 Å². The van der Waals surface area contributed by atoms with Gasteiger partial charge in [-0.25, -0.2) is 0 Å². The van der Waals surface area contributed by atoms with Crippen LogP contribution in [0.1, 0.15) is 18.1 Å². The summed E-state index contributed by atoms with van der Waals surface area (Å²) < 4.78 is 0. The molecule has 0 aromatic heterocycles. The van der Waals surface area contributed by atoms with Crippen molar-refractivity contribution in [3.8, 4) is 0 Å². The molecule has 9 heteroatoms. The minimum Gasteiger partial charge on any atom is -0.390 e. The van der Waals surface area contributed by atoms with E-state index in [0.717, 1.165) is 19.5 Å². The number of fused-ring (bicyclic) bond motifs is 1. The van der Waals surface area contributed by atoms with Gasteiger partial charge >= 0.3 is 0 Å². The van der Waals surface area contributed by atoms with Gasteiger partial charge in [0.25, 0.3) is 5.91 Å². The van der Waals surface area contributed by atoms with Gasteiger partial charge in [0.1, 0.15) is 11.5 Å². The summed E-state index contributed by atoms with van der Waals surface area (Å²) in [6.45, 7) is 8.47. The SMILES string of the molecule is C=N/C(=C\C(=N/C)NC1CN(C(C)=O)C1)C(=O)NCC(O)CN1CCc2ccccc2C1. The van der Waals surface area contributed by atoms with Crippen LogP contribution in [0.4, 0.5) is 0 Å². The van der Waals surface area contributed by atoms with Crippen molar-refractivity contribution in [3.05, 3.63) is 47.2 Å². The Bertz CT molecular complexity index is 907. The molecule has 2 aliphatic rings. The summed E-state index contributed by atoms with van der Waals surface area (Å²) in [6.07, 6.45) is 1.78. The van der Waals surface area contributed by atoms with E-state index in [4.69, 9.17) is 0 Å². The van der Waals surface area contributed by atoms with Gasteiger partial charge in [-0.15, -0.1) is 0 Å². The van der Waals surface area contributed by atoms with Crippen molar-refractivity contribution >= 4 is 24.4 Å². The fourth-order valence-electron chi connectivity index (χ4n) is 3.89. The number of β-amino-alcohol motifs (C(OH)–C–C–N with tert-alkyl or cyclic N) is 1. The maximum atomic E-state index is 12.5. The molecule has 0 bridgehead atoms. The van der Waals surface area contributed by atoms with Gasteiger partial charge in [-0.1, -0.05) is 24.3 Å². The highest BCUT2D eigenvalue weighted by Crippen LogP contribution is 2.18. The molecular formula is C23H32N6O3. The summed E-state index contributed by atoms with van der Waals surface area (Å²) in [5.74, 6) is 0.0990. The van der Waals surface area contributed by atoms with Crippen LogP contribution in [-0.2, 0) is 22.6 Å². The van der Waals surface area contributed by atoms with Crippen molar-refractivity contribution in [3.63, 3.8) is 0 Å². The zero-order valence-corrected chi connectivity index (χ0v) is 18.8. The average molecular weight is 441 g/mol. The molecule has 2 aliphatic heterocycles. The fraction of sp³-hybridized carbons (Fsp3) is 0.478. The number of benzene rings is 1. The van der Waals surface area contributed by atoms with Gasteiger partial charge < -0.3 is 20.6 Å². The van der Waals surface area contributed by atoms with E-state index in [1.54, 1.807) is 11.9 Å². The lowest BCUT2D eigenvalue weighted by Crippen LogP contribution is -2.60. The number of amides is 2. The Morgan fingerprint density at radius 1 is 1.31 bits per heavy atom. The molecule has 9 nitrogen and oxygen atoms in total. The number of carbonyl (C=O) groups is 2. The van der Waals surface area contributed by atoms with Crippen molar-refractivity contribution in [2.45, 2.75) is 32.0 Å². The van der Waals surface area contributed by atoms with Crippen LogP contribution in [0.25, 0.3) is 0 Å². The number of nitrogens with zero attached hydrogens (tertiary/aromatic N) is 4. The van der Waals surface area contributed by atoms with Crippen LogP contribution in [0.15, 0.2) is 46.0 Å². The first-order valence-electron chi connectivity index (χ1n) is 10.8. The summed E-state index contributed by atoms with van der Waals surface area (Å²) in [5, 5.41) is 16.3. The van der Waals surface area contributed by atoms with Gasteiger partial charge in [-0.3, -0.25) is 24.5 Å². The number of rotatable bonds is 8. The van der Waals surface area contributed by atoms with Crippen LogP contribution in [-0.4, -0.2) is 91.2 Å². The summed E-state index contributed by atoms with van der Waals surface area (Å²) in [6, 6.07) is 8.42. The molecule has 1 atom stereocenters. The van der Waals surface area contributed by atoms with E-state index in [-0.39, 0.29) is 24.2 Å². The molecule has 1 saturated heterocycles. The van der Waals surface area contributed by atoms with Gasteiger partial charge in [-0.2, -0.15) is 0 Å². The number of aliphatic hydroxyl groups excluding tert-OH is 1. The first kappa shape index (κ1) is 23.6. The predicted molar refractivity (Wildman–Crippen MR) is 125 cm³/mol. The molecule has 0 spiro atoms. The lowest BCUT2D eigenvalue weighted by atomic mass is 10.00. The van der Waals surface area contributed by atoms with Crippen molar-refractivity contribution in [2.75, 3.05) is 39.8 Å². The second-order valence-electron chi connectivity index (χ2n) is 8.18. The highest BCUT2D eigenvalue weighted by molar-refractivity contribution is 6.03. The maximum Gasteiger partial charge on any atom is 0.270 e. The van der Waals surface area contributed by atoms with E-state index in [1.807, 2.05) is 6.07 Å². The van der Waals surface area contributed by atoms with Crippen molar-refractivity contribution < 1.29 is 14.7 Å². The fourth-order valence-corrected chi connectivity index (χ4v) is 3.89. The Kier molecular flexibility index (Phi) is 8.13. The van der Waals surface area contributed by atoms with Gasteiger partial charge in [0.05, 0.1) is 12.1 Å². The van der Waals surface area contributed by atoms with E-state index in [0.29, 0.717) is 25.5 Å². The zero-order valence-electron chi connectivity index (χ0n) is 18.8. The zero-order chi connectivity index (χ0) is 23.1. The Balaban J connectivity index is 1.46. The standard InChI is InChI=1S/C23H32N6O3/c1-16(30)29-13-19(14-29)27-22(25-3)10-21(24-2)23(32)26-11-20(31)15-28-9-8-17-6-4-5-7-18(17)12-28/h4-7,10,19-20,31H,2,8-9,11-15H2,1,3H3,(H,25,27)(H,26,32)/b21-10-. The molecule has 0 radical (unpaired) electrons. The van der Waals surface area contributed by atoms with E-state index in [9.17, 15) is 14.7 Å². The third kappa shape index (κ3) is 6.24. The van der Waals surface area contributed by atoms with Gasteiger partial charge in [-0.05, 0) is 24.3 Å². The predicted octanol–water partition coefficient (Wildman–Crippen LogP) is -0.0451. The number of aliphatic imine (C=N–C) groups is 2. The second-order valence-corrected chi connectivity index (χ2v) is 8.18. The third-order valence-electron chi connectivity index (χ3n) is 5.77. The molecule has 1 fully saturated rings. The Morgan fingerprint density at radius 3 is 2.69 bits per heavy atom. The van der Waals surface area contributed by atoms with Crippen LogP contribution in [0.5, 0.6) is 0 Å². The molecule has 3 N–H and O–H groups in total. The first-order chi connectivity index (χ1) is 15.4. The van der Waals surface area contributed by atoms with E-state index >= 15 is 0 Å². The van der Waals surface area contributed by atoms with Gasteiger partial charge in [0.2, 0.25) is 5.91 Å². The smallest absolute Gasteiger partial charge is 0.270 e. The Morgan fingerprint density at radius 2 is 2.03 bits per heavy atom. The van der Waals surface area contributed by atoms with Gasteiger partial charge in [0, 0.05) is 59.3 Å². The molecule has 2 heterocycles. The minimum absolute atomic E-state index is 0.0359. The summed E-state index contributed by atoms with van der Waals surface area (Å²) >= 11 is 0. The first-order valence-corrected chi connectivity index (χ1v) is 10.8. The maximum absolute atomic E-state index is 12.5. The Hall–Kier alpha value is -3.04. The number of hydrogen-bond acceptors (Lipinski definition) is 6. The van der Waals surface area contributed by atoms with E-state index in [2.05, 4.69) is 50.4 Å². The average Bonchev–Trinajstić information content (AvgIpc) is 2.76. The molecule has 1 unspecified atom stereocenters. The molecule has 1 aromatic rings. The van der Waals surface area contributed by atoms with Crippen molar-refractivity contribution in [2.24, 2.45) is 9.98 Å². The third-order valence-corrected chi connectivity index (χ3v) is 5.77. The lowest BCUT2D eigenvalue weighted by molar-refractivity contribution is -0.133. The molecule has 2 amide bonds. The normalized spacial score (nSPS) is 18.4. The minimum atomic E-state index is -0.694. The molecule has 32 heavy (non-hydrogen) atoms. The highest BCUT2D eigenvalue weighted by atomic mass is 16.3. The number of carbonyl (C=O) groups excluding carboxylic acids is 2. The summed E-state index contributed by atoms with van der Waals surface area (Å²) in [4.78, 5) is 35.7. The number of aliphatic hydroxyl groups is 1. The number of hydrogen-bond donors (Lipinski definition) is 3. The van der Waals surface area contributed by atoms with Crippen LogP contribution in [0, 0.1) is 0 Å². The summed E-state index contributed by atoms with van der Waals surface area (Å²) in [7, 11) is 1.61. The lowest BCUT2D eigenvalue weighted by Gasteiger charge is -2.39. The van der Waals surface area contributed by atoms with Crippen molar-refractivity contribution in [1.82, 2.24) is 20.4 Å². The number of nitrogens with one attached hydrogen (secondary N) is 2. The molecule has 1 aromatic carbocycles. The molecule has 0 saturated carbocycles. The van der Waals surface area contributed by atoms with E-state index in [1.165, 1.54) is 24.1 Å². The van der Waals surface area contributed by atoms with Gasteiger partial charge in [0.15, 0.2) is 0 Å². The molecule has 172 valence electrons. The van der Waals surface area contributed by atoms with Crippen LogP contribution in [0.2, 0.25) is 0 Å². The number of likely N-dealkylation sites (tertiary alicyclic amines) is 1. The van der Waals surface area contributed by atoms with Crippen LogP contribution >= 0.6 is 0 Å². The monoisotopic (exact) mass is 440 g/mol. The van der Waals surface area contributed by atoms with E-state index < -0.39 is 12.0 Å². The topological polar surface area (TPSA) is 110 Å². The number of amidine groups is 1. The molecule has 3 rings (SSSR count). The highest BCUT2D eigenvalue weighted by Gasteiger charge is 2.29. The summed E-state index contributed by atoms with van der Waals surface area (Å²) in [5.41, 5.74) is 2.75. The van der Waals surface area contributed by atoms with Crippen LogP contribution < -0.4 is 10.6 Å². The largest absolute Gasteiger partial charge is 0.390 e. The molecular weight excluding hydrogens is 408 g/mol. The van der Waals surface area contributed by atoms with Crippen molar-refractivity contribution in [1.29, 1.82) is 0 Å². The molecule has 0 aliphatic carbocycles.